The van der Waals surface area contributed by atoms with Crippen LogP contribution in [0.5, 0.6) is 0 Å². The maximum atomic E-state index is 8.81. The van der Waals surface area contributed by atoms with Gasteiger partial charge in [-0.3, -0.25) is 0 Å². The van der Waals surface area contributed by atoms with Gasteiger partial charge in [0.1, 0.15) is 0 Å². The van der Waals surface area contributed by atoms with Gasteiger partial charge in [0.05, 0.1) is 18.8 Å². The smallest absolute Gasteiger partial charge is 0.0810 e. The van der Waals surface area contributed by atoms with Gasteiger partial charge >= 0.3 is 0 Å². The molecule has 3 heteroatoms. The van der Waals surface area contributed by atoms with Crippen molar-refractivity contribution in [3.8, 4) is 0 Å². The van der Waals surface area contributed by atoms with Gasteiger partial charge in [-0.05, 0) is 12.8 Å². The minimum atomic E-state index is 0.00833. The Kier molecular flexibility index (Phi) is 3.30. The van der Waals surface area contributed by atoms with Crippen molar-refractivity contribution in [2.45, 2.75) is 32.0 Å². The molecule has 1 saturated heterocycles. The molecule has 0 aromatic carbocycles. The van der Waals surface area contributed by atoms with Crippen LogP contribution in [0.4, 0.5) is 0 Å². The van der Waals surface area contributed by atoms with Crippen molar-refractivity contribution < 1.29 is 14.9 Å². The third kappa shape index (κ3) is 2.15. The predicted molar refractivity (Wildman–Crippen MR) is 41.2 cm³/mol. The second-order valence-corrected chi connectivity index (χ2v) is 3.22. The fourth-order valence-electron chi connectivity index (χ4n) is 1.40. The Morgan fingerprint density at radius 2 is 2.18 bits per heavy atom. The summed E-state index contributed by atoms with van der Waals surface area (Å²) in [7, 11) is 0. The van der Waals surface area contributed by atoms with Gasteiger partial charge in [0, 0.05) is 12.5 Å². The lowest BCUT2D eigenvalue weighted by Crippen LogP contribution is -2.22. The molecular weight excluding hydrogens is 144 g/mol. The number of aliphatic hydroxyl groups is 2. The molecule has 0 spiro atoms. The lowest BCUT2D eigenvalue weighted by atomic mass is 10.0. The van der Waals surface area contributed by atoms with E-state index >= 15 is 0 Å². The van der Waals surface area contributed by atoms with E-state index in [-0.39, 0.29) is 31.3 Å². The molecular formula is C8H16O3. The third-order valence-electron chi connectivity index (χ3n) is 2.27. The summed E-state index contributed by atoms with van der Waals surface area (Å²) in [6.45, 7) is 2.24. The third-order valence-corrected chi connectivity index (χ3v) is 2.27. The van der Waals surface area contributed by atoms with Crippen LogP contribution in [-0.4, -0.2) is 35.6 Å². The number of ether oxygens (including phenoxy) is 1. The van der Waals surface area contributed by atoms with Crippen LogP contribution in [0.3, 0.4) is 0 Å². The molecule has 1 aliphatic rings. The van der Waals surface area contributed by atoms with Crippen molar-refractivity contribution in [1.29, 1.82) is 0 Å². The van der Waals surface area contributed by atoms with Crippen LogP contribution in [0.2, 0.25) is 0 Å². The maximum Gasteiger partial charge on any atom is 0.0810 e. The van der Waals surface area contributed by atoms with E-state index in [2.05, 4.69) is 0 Å². The highest BCUT2D eigenvalue weighted by atomic mass is 16.5. The molecule has 0 amide bonds. The second-order valence-electron chi connectivity index (χ2n) is 3.22. The Morgan fingerprint density at radius 3 is 2.64 bits per heavy atom. The highest BCUT2D eigenvalue weighted by Crippen LogP contribution is 2.24. The second kappa shape index (κ2) is 4.04. The van der Waals surface area contributed by atoms with Crippen molar-refractivity contribution in [1.82, 2.24) is 0 Å². The van der Waals surface area contributed by atoms with Crippen molar-refractivity contribution >= 4 is 0 Å². The SMILES string of the molecule is C[C@@H](CO)[C@@H]1CC[C@@H](CO)O1. The minimum absolute atomic E-state index is 0.00833. The highest BCUT2D eigenvalue weighted by molar-refractivity contribution is 4.76. The molecule has 66 valence electrons. The lowest BCUT2D eigenvalue weighted by molar-refractivity contribution is -0.0215. The zero-order chi connectivity index (χ0) is 8.27. The van der Waals surface area contributed by atoms with Crippen LogP contribution in [0.25, 0.3) is 0 Å². The average Bonchev–Trinajstić information content (AvgIpc) is 2.50. The van der Waals surface area contributed by atoms with Crippen molar-refractivity contribution in [2.75, 3.05) is 13.2 Å². The first kappa shape index (κ1) is 8.97. The van der Waals surface area contributed by atoms with Crippen LogP contribution >= 0.6 is 0 Å². The summed E-state index contributed by atoms with van der Waals surface area (Å²) in [4.78, 5) is 0. The molecule has 0 aromatic heterocycles. The van der Waals surface area contributed by atoms with Gasteiger partial charge in [0.15, 0.2) is 0 Å². The Balaban J connectivity index is 2.29. The first-order chi connectivity index (χ1) is 5.27. The zero-order valence-corrected chi connectivity index (χ0v) is 6.86. The molecule has 3 atom stereocenters. The molecule has 1 fully saturated rings. The monoisotopic (exact) mass is 160 g/mol. The van der Waals surface area contributed by atoms with Crippen LogP contribution in [0, 0.1) is 5.92 Å². The number of aliphatic hydroxyl groups excluding tert-OH is 2. The van der Waals surface area contributed by atoms with Gasteiger partial charge in [0.25, 0.3) is 0 Å². The van der Waals surface area contributed by atoms with Crippen molar-refractivity contribution in [3.05, 3.63) is 0 Å². The Hall–Kier alpha value is -0.120. The summed E-state index contributed by atoms with van der Waals surface area (Å²) in [6, 6.07) is 0. The van der Waals surface area contributed by atoms with E-state index < -0.39 is 0 Å². The van der Waals surface area contributed by atoms with E-state index in [1.165, 1.54) is 0 Å². The molecule has 1 heterocycles. The molecule has 3 nitrogen and oxygen atoms in total. The van der Waals surface area contributed by atoms with E-state index in [4.69, 9.17) is 14.9 Å². The molecule has 1 aliphatic heterocycles. The largest absolute Gasteiger partial charge is 0.396 e. The predicted octanol–water partition coefficient (Wildman–Crippen LogP) is 0.155. The van der Waals surface area contributed by atoms with E-state index in [1.807, 2.05) is 6.92 Å². The molecule has 2 N–H and O–H groups in total. The first-order valence-corrected chi connectivity index (χ1v) is 4.15. The van der Waals surface area contributed by atoms with E-state index in [0.717, 1.165) is 12.8 Å². The van der Waals surface area contributed by atoms with E-state index in [0.29, 0.717) is 0 Å². The van der Waals surface area contributed by atoms with E-state index in [1.54, 1.807) is 0 Å². The summed E-state index contributed by atoms with van der Waals surface area (Å²) in [6.07, 6.45) is 2.05. The highest BCUT2D eigenvalue weighted by Gasteiger charge is 2.28. The normalized spacial score (nSPS) is 34.1. The average molecular weight is 160 g/mol. The van der Waals surface area contributed by atoms with Crippen LogP contribution in [0.15, 0.2) is 0 Å². The molecule has 11 heavy (non-hydrogen) atoms. The van der Waals surface area contributed by atoms with Crippen LogP contribution < -0.4 is 0 Å². The molecule has 0 saturated carbocycles. The maximum absolute atomic E-state index is 8.81. The summed E-state index contributed by atoms with van der Waals surface area (Å²) < 4.78 is 5.45. The quantitative estimate of drug-likeness (QED) is 0.618. The Bertz CT molecular complexity index is 116. The molecule has 0 unspecified atom stereocenters. The summed E-state index contributed by atoms with van der Waals surface area (Å²) in [5.41, 5.74) is 0. The minimum Gasteiger partial charge on any atom is -0.396 e. The molecule has 0 bridgehead atoms. The lowest BCUT2D eigenvalue weighted by Gasteiger charge is -2.16. The van der Waals surface area contributed by atoms with Gasteiger partial charge in [0.2, 0.25) is 0 Å². The summed E-state index contributed by atoms with van der Waals surface area (Å²) in [5.74, 6) is 0.201. The fraction of sp³-hybridized carbons (Fsp3) is 1.00. The van der Waals surface area contributed by atoms with Crippen molar-refractivity contribution in [2.24, 2.45) is 5.92 Å². The van der Waals surface area contributed by atoms with Crippen LogP contribution in [0.1, 0.15) is 19.8 Å². The van der Waals surface area contributed by atoms with Gasteiger partial charge in [-0.1, -0.05) is 6.92 Å². The number of hydrogen-bond acceptors (Lipinski definition) is 3. The van der Waals surface area contributed by atoms with Crippen LogP contribution in [-0.2, 0) is 4.74 Å². The molecule has 0 aliphatic carbocycles. The summed E-state index contributed by atoms with van der Waals surface area (Å²) >= 11 is 0. The first-order valence-electron chi connectivity index (χ1n) is 4.15. The molecule has 0 radical (unpaired) electrons. The van der Waals surface area contributed by atoms with Gasteiger partial charge in [-0.25, -0.2) is 0 Å². The Labute approximate surface area is 67.0 Å². The fourth-order valence-corrected chi connectivity index (χ4v) is 1.40. The molecule has 0 aromatic rings. The zero-order valence-electron chi connectivity index (χ0n) is 6.86. The topological polar surface area (TPSA) is 49.7 Å². The standard InChI is InChI=1S/C8H16O3/c1-6(4-9)8-3-2-7(5-10)11-8/h6-10H,2-5H2,1H3/t6-,7-,8-/m0/s1. The number of rotatable bonds is 3. The van der Waals surface area contributed by atoms with Gasteiger partial charge in [-0.15, -0.1) is 0 Å². The Morgan fingerprint density at radius 1 is 1.45 bits per heavy atom. The summed E-state index contributed by atoms with van der Waals surface area (Å²) in [5, 5.41) is 17.6. The van der Waals surface area contributed by atoms with Gasteiger partial charge in [-0.2, -0.15) is 0 Å². The van der Waals surface area contributed by atoms with Gasteiger partial charge < -0.3 is 14.9 Å². The van der Waals surface area contributed by atoms with Crippen molar-refractivity contribution in [3.63, 3.8) is 0 Å². The number of hydrogen-bond donors (Lipinski definition) is 2. The van der Waals surface area contributed by atoms with E-state index in [9.17, 15) is 0 Å². The molecule has 1 rings (SSSR count).